The number of rotatable bonds is 7. The van der Waals surface area contributed by atoms with Crippen LogP contribution in [0.25, 0.3) is 0 Å². The molecule has 8 heteroatoms. The van der Waals surface area contributed by atoms with E-state index in [1.54, 1.807) is 24.7 Å². The molecule has 0 bridgehead atoms. The van der Waals surface area contributed by atoms with Crippen LogP contribution in [0.1, 0.15) is 32.2 Å². The zero-order valence-corrected chi connectivity index (χ0v) is 18.1. The highest BCUT2D eigenvalue weighted by molar-refractivity contribution is 7.16. The topological polar surface area (TPSA) is 64.4 Å². The normalized spacial score (nSPS) is 10.8. The third-order valence-corrected chi connectivity index (χ3v) is 5.75. The number of benzene rings is 1. The van der Waals surface area contributed by atoms with Gasteiger partial charge in [0.15, 0.2) is 6.61 Å². The average Bonchev–Trinajstić information content (AvgIpc) is 3.22. The minimum absolute atomic E-state index is 0.283. The number of amides is 1. The van der Waals surface area contributed by atoms with Gasteiger partial charge in [0.05, 0.1) is 28.8 Å². The Morgan fingerprint density at radius 2 is 1.90 bits per heavy atom. The largest absolute Gasteiger partial charge is 0.452 e. The van der Waals surface area contributed by atoms with Crippen molar-refractivity contribution >= 4 is 34.8 Å². The molecule has 0 aliphatic heterocycles. The SMILES string of the molecule is Cc1nn(Cc2ccccc2)c(C)c1C(=O)OCC(=O)N(C)Cc1ccc(Cl)s1. The van der Waals surface area contributed by atoms with Crippen molar-refractivity contribution in [2.24, 2.45) is 0 Å². The van der Waals surface area contributed by atoms with Gasteiger partial charge in [0.1, 0.15) is 5.56 Å². The molecule has 3 aromatic rings. The van der Waals surface area contributed by atoms with Crippen LogP contribution in [0.3, 0.4) is 0 Å². The summed E-state index contributed by atoms with van der Waals surface area (Å²) in [6.45, 7) is 4.25. The van der Waals surface area contributed by atoms with Crippen LogP contribution in [-0.2, 0) is 22.6 Å². The zero-order chi connectivity index (χ0) is 21.0. The maximum Gasteiger partial charge on any atom is 0.342 e. The standard InChI is InChI=1S/C21H22ClN3O3S/c1-14-20(15(2)25(23-14)11-16-7-5-4-6-8-16)21(27)28-13-19(26)24(3)12-17-9-10-18(22)29-17/h4-10H,11-13H2,1-3H3. The Balaban J connectivity index is 1.61. The van der Waals surface area contributed by atoms with Gasteiger partial charge in [-0.25, -0.2) is 4.79 Å². The first kappa shape index (κ1) is 21.1. The third kappa shape index (κ3) is 5.25. The molecular formula is C21H22ClN3O3S. The number of aryl methyl sites for hydroxylation is 1. The van der Waals surface area contributed by atoms with Gasteiger partial charge in [-0.05, 0) is 31.5 Å². The van der Waals surface area contributed by atoms with E-state index in [0.29, 0.717) is 34.4 Å². The van der Waals surface area contributed by atoms with Crippen molar-refractivity contribution < 1.29 is 14.3 Å². The molecule has 2 aromatic heterocycles. The van der Waals surface area contributed by atoms with Crippen molar-refractivity contribution in [1.29, 1.82) is 0 Å². The number of thiophene rings is 1. The number of esters is 1. The van der Waals surface area contributed by atoms with Crippen LogP contribution in [0.4, 0.5) is 0 Å². The molecule has 1 amide bonds. The molecule has 0 aliphatic rings. The summed E-state index contributed by atoms with van der Waals surface area (Å²) < 4.78 is 7.72. The Morgan fingerprint density at radius 1 is 1.17 bits per heavy atom. The molecule has 0 saturated heterocycles. The van der Waals surface area contributed by atoms with Gasteiger partial charge in [-0.2, -0.15) is 5.10 Å². The Morgan fingerprint density at radius 3 is 2.55 bits per heavy atom. The molecule has 1 aromatic carbocycles. The average molecular weight is 432 g/mol. The highest BCUT2D eigenvalue weighted by atomic mass is 35.5. The maximum atomic E-state index is 12.6. The number of nitrogens with zero attached hydrogens (tertiary/aromatic N) is 3. The second kappa shape index (κ2) is 9.24. The van der Waals surface area contributed by atoms with Gasteiger partial charge < -0.3 is 9.64 Å². The lowest BCUT2D eigenvalue weighted by Crippen LogP contribution is -2.30. The van der Waals surface area contributed by atoms with E-state index in [1.807, 2.05) is 43.3 Å². The molecule has 6 nitrogen and oxygen atoms in total. The highest BCUT2D eigenvalue weighted by Crippen LogP contribution is 2.22. The van der Waals surface area contributed by atoms with Gasteiger partial charge in [-0.3, -0.25) is 9.48 Å². The molecule has 0 spiro atoms. The monoisotopic (exact) mass is 431 g/mol. The van der Waals surface area contributed by atoms with Crippen molar-refractivity contribution in [3.63, 3.8) is 0 Å². The Labute approximate surface area is 178 Å². The highest BCUT2D eigenvalue weighted by Gasteiger charge is 2.22. The molecule has 29 heavy (non-hydrogen) atoms. The van der Waals surface area contributed by atoms with E-state index in [-0.39, 0.29) is 12.5 Å². The Bertz CT molecular complexity index is 1010. The van der Waals surface area contributed by atoms with Gasteiger partial charge in [0.2, 0.25) is 0 Å². The number of carbonyl (C=O) groups excluding carboxylic acids is 2. The van der Waals surface area contributed by atoms with Gasteiger partial charge >= 0.3 is 5.97 Å². The molecule has 0 aliphatic carbocycles. The fraction of sp³-hybridized carbons (Fsp3) is 0.286. The number of likely N-dealkylation sites (N-methyl/N-ethyl adjacent to an activating group) is 1. The lowest BCUT2D eigenvalue weighted by molar-refractivity contribution is -0.133. The second-order valence-electron chi connectivity index (χ2n) is 6.72. The first-order chi connectivity index (χ1) is 13.8. The molecule has 0 saturated carbocycles. The van der Waals surface area contributed by atoms with Crippen molar-refractivity contribution in [3.8, 4) is 0 Å². The van der Waals surface area contributed by atoms with E-state index in [0.717, 1.165) is 10.4 Å². The number of ether oxygens (including phenoxy) is 1. The number of carbonyl (C=O) groups is 2. The van der Waals surface area contributed by atoms with E-state index in [1.165, 1.54) is 16.2 Å². The smallest absolute Gasteiger partial charge is 0.342 e. The number of aromatic nitrogens is 2. The lowest BCUT2D eigenvalue weighted by Gasteiger charge is -2.16. The summed E-state index contributed by atoms with van der Waals surface area (Å²) in [6, 6.07) is 13.5. The van der Waals surface area contributed by atoms with Gasteiger partial charge in [0.25, 0.3) is 5.91 Å². The number of hydrogen-bond donors (Lipinski definition) is 0. The summed E-state index contributed by atoms with van der Waals surface area (Å²) in [5, 5.41) is 4.46. The summed E-state index contributed by atoms with van der Waals surface area (Å²) in [5.74, 6) is -0.824. The second-order valence-corrected chi connectivity index (χ2v) is 8.52. The quantitative estimate of drug-likeness (QED) is 0.529. The van der Waals surface area contributed by atoms with Crippen molar-refractivity contribution in [2.75, 3.05) is 13.7 Å². The van der Waals surface area contributed by atoms with E-state index in [9.17, 15) is 9.59 Å². The van der Waals surface area contributed by atoms with Crippen LogP contribution in [0.5, 0.6) is 0 Å². The first-order valence-electron chi connectivity index (χ1n) is 9.08. The van der Waals surface area contributed by atoms with Crippen molar-refractivity contribution in [3.05, 3.63) is 74.2 Å². The van der Waals surface area contributed by atoms with E-state index >= 15 is 0 Å². The number of hydrogen-bond acceptors (Lipinski definition) is 5. The van der Waals surface area contributed by atoms with Crippen LogP contribution in [0.2, 0.25) is 4.34 Å². The summed E-state index contributed by atoms with van der Waals surface area (Å²) in [6.07, 6.45) is 0. The van der Waals surface area contributed by atoms with Crippen LogP contribution in [-0.4, -0.2) is 40.2 Å². The third-order valence-electron chi connectivity index (χ3n) is 4.54. The summed E-state index contributed by atoms with van der Waals surface area (Å²) in [7, 11) is 1.66. The molecule has 2 heterocycles. The van der Waals surface area contributed by atoms with Crippen molar-refractivity contribution in [2.45, 2.75) is 26.9 Å². The number of halogens is 1. The predicted octanol–water partition coefficient (Wildman–Crippen LogP) is 4.08. The molecule has 3 rings (SSSR count). The van der Waals surface area contributed by atoms with E-state index in [4.69, 9.17) is 16.3 Å². The predicted molar refractivity (Wildman–Crippen MR) is 113 cm³/mol. The molecule has 0 unspecified atom stereocenters. The minimum Gasteiger partial charge on any atom is -0.452 e. The van der Waals surface area contributed by atoms with E-state index in [2.05, 4.69) is 5.10 Å². The fourth-order valence-electron chi connectivity index (χ4n) is 2.97. The summed E-state index contributed by atoms with van der Waals surface area (Å²) in [4.78, 5) is 27.4. The zero-order valence-electron chi connectivity index (χ0n) is 16.5. The Hall–Kier alpha value is -2.64. The molecule has 152 valence electrons. The van der Waals surface area contributed by atoms with Crippen LogP contribution in [0, 0.1) is 13.8 Å². The molecule has 0 N–H and O–H groups in total. The van der Waals surface area contributed by atoms with Gasteiger partial charge in [0, 0.05) is 11.9 Å². The fourth-order valence-corrected chi connectivity index (χ4v) is 4.11. The molecule has 0 radical (unpaired) electrons. The van der Waals surface area contributed by atoms with Crippen molar-refractivity contribution in [1.82, 2.24) is 14.7 Å². The van der Waals surface area contributed by atoms with Gasteiger partial charge in [-0.1, -0.05) is 41.9 Å². The van der Waals surface area contributed by atoms with Crippen LogP contribution < -0.4 is 0 Å². The molecular weight excluding hydrogens is 410 g/mol. The summed E-state index contributed by atoms with van der Waals surface area (Å²) >= 11 is 7.33. The Kier molecular flexibility index (Phi) is 6.71. The van der Waals surface area contributed by atoms with Crippen LogP contribution in [0.15, 0.2) is 42.5 Å². The van der Waals surface area contributed by atoms with Crippen LogP contribution >= 0.6 is 22.9 Å². The molecule has 0 atom stereocenters. The first-order valence-corrected chi connectivity index (χ1v) is 10.3. The summed E-state index contributed by atoms with van der Waals surface area (Å²) in [5.41, 5.74) is 2.78. The lowest BCUT2D eigenvalue weighted by atomic mass is 10.2. The van der Waals surface area contributed by atoms with E-state index < -0.39 is 5.97 Å². The minimum atomic E-state index is -0.541. The van der Waals surface area contributed by atoms with Gasteiger partial charge in [-0.15, -0.1) is 11.3 Å². The molecule has 0 fully saturated rings. The maximum absolute atomic E-state index is 12.6.